The van der Waals surface area contributed by atoms with Crippen LogP contribution in [-0.2, 0) is 5.41 Å². The topological polar surface area (TPSA) is 29.1 Å². The lowest BCUT2D eigenvalue weighted by Gasteiger charge is -2.45. The molecule has 1 spiro atoms. The highest BCUT2D eigenvalue weighted by Crippen LogP contribution is 2.47. The zero-order valence-electron chi connectivity index (χ0n) is 8.35. The number of rotatable bonds is 0. The summed E-state index contributed by atoms with van der Waals surface area (Å²) in [5, 5.41) is 3.31. The Morgan fingerprint density at radius 2 is 2.00 bits per heavy atom. The first kappa shape index (κ1) is 9.55. The number of benzene rings is 1. The van der Waals surface area contributed by atoms with Crippen LogP contribution >= 0.6 is 15.9 Å². The van der Waals surface area contributed by atoms with E-state index in [1.807, 2.05) is 12.1 Å². The highest BCUT2D eigenvalue weighted by atomic mass is 79.9. The Hall–Kier alpha value is -0.670. The van der Waals surface area contributed by atoms with Crippen molar-refractivity contribution < 1.29 is 4.79 Å². The minimum atomic E-state index is -0.138. The van der Waals surface area contributed by atoms with Crippen molar-refractivity contribution in [3.63, 3.8) is 0 Å². The Bertz CT molecular complexity index is 435. The number of hydrogen-bond acceptors (Lipinski definition) is 2. The largest absolute Gasteiger partial charge is 0.317 e. The van der Waals surface area contributed by atoms with Gasteiger partial charge in [-0.2, -0.15) is 0 Å². The Kier molecular flexibility index (Phi) is 2.01. The molecule has 1 aliphatic heterocycles. The Morgan fingerprint density at radius 3 is 2.73 bits per heavy atom. The van der Waals surface area contributed by atoms with Crippen LogP contribution in [0.5, 0.6) is 0 Å². The predicted octanol–water partition coefficient (Wildman–Crippen LogP) is 2.27. The number of Topliss-reactive ketones (excluding diaryl/α,β-unsaturated/α-hetero) is 1. The molecule has 1 aromatic rings. The molecule has 1 aromatic carbocycles. The molecule has 3 heteroatoms. The normalized spacial score (nSPS) is 22.3. The molecule has 2 aliphatic rings. The molecule has 78 valence electrons. The molecule has 0 atom stereocenters. The SMILES string of the molecule is O=C1c2cc(Br)ccc2C12CCNCC2. The third-order valence-electron chi connectivity index (χ3n) is 3.63. The molecule has 15 heavy (non-hydrogen) atoms. The van der Waals surface area contributed by atoms with E-state index in [0.717, 1.165) is 36.0 Å². The summed E-state index contributed by atoms with van der Waals surface area (Å²) in [4.78, 5) is 12.1. The van der Waals surface area contributed by atoms with E-state index in [4.69, 9.17) is 0 Å². The van der Waals surface area contributed by atoms with E-state index in [2.05, 4.69) is 27.3 Å². The molecule has 0 amide bonds. The van der Waals surface area contributed by atoms with Crippen molar-refractivity contribution in [2.75, 3.05) is 13.1 Å². The average molecular weight is 266 g/mol. The quantitative estimate of drug-likeness (QED) is 0.780. The first-order chi connectivity index (χ1) is 7.24. The third-order valence-corrected chi connectivity index (χ3v) is 4.13. The van der Waals surface area contributed by atoms with Gasteiger partial charge in [-0.05, 0) is 43.6 Å². The first-order valence-corrected chi connectivity index (χ1v) is 6.09. The standard InChI is InChI=1S/C12H12BrNO/c13-8-1-2-10-9(7-8)11(15)12(10)3-5-14-6-4-12/h1-2,7,14H,3-6H2. The average Bonchev–Trinajstić information content (AvgIpc) is 2.29. The fourth-order valence-electron chi connectivity index (χ4n) is 2.79. The van der Waals surface area contributed by atoms with Crippen LogP contribution in [0.3, 0.4) is 0 Å². The van der Waals surface area contributed by atoms with E-state index >= 15 is 0 Å². The van der Waals surface area contributed by atoms with Crippen LogP contribution in [-0.4, -0.2) is 18.9 Å². The summed E-state index contributed by atoms with van der Waals surface area (Å²) >= 11 is 3.41. The Morgan fingerprint density at radius 1 is 1.27 bits per heavy atom. The van der Waals surface area contributed by atoms with E-state index in [0.29, 0.717) is 5.78 Å². The maximum absolute atomic E-state index is 12.1. The maximum atomic E-state index is 12.1. The number of fused-ring (bicyclic) bond motifs is 2. The molecule has 1 fully saturated rings. The number of carbonyl (C=O) groups excluding carboxylic acids is 1. The number of hydrogen-bond donors (Lipinski definition) is 1. The second-order valence-electron chi connectivity index (χ2n) is 4.35. The molecule has 1 heterocycles. The molecule has 2 nitrogen and oxygen atoms in total. The second-order valence-corrected chi connectivity index (χ2v) is 5.27. The molecule has 1 saturated heterocycles. The van der Waals surface area contributed by atoms with Gasteiger partial charge in [0, 0.05) is 10.0 Å². The van der Waals surface area contributed by atoms with E-state index in [1.54, 1.807) is 0 Å². The van der Waals surface area contributed by atoms with E-state index < -0.39 is 0 Å². The molecule has 0 aromatic heterocycles. The summed E-state index contributed by atoms with van der Waals surface area (Å²) in [5.74, 6) is 0.348. The van der Waals surface area contributed by atoms with Crippen LogP contribution in [0.4, 0.5) is 0 Å². The molecule has 3 rings (SSSR count). The van der Waals surface area contributed by atoms with Gasteiger partial charge in [0.2, 0.25) is 0 Å². The Labute approximate surface area is 97.2 Å². The minimum absolute atomic E-state index is 0.138. The van der Waals surface area contributed by atoms with Crippen LogP contribution in [0.25, 0.3) is 0 Å². The lowest BCUT2D eigenvalue weighted by molar-refractivity contribution is 0.0790. The second kappa shape index (κ2) is 3.16. The molecular weight excluding hydrogens is 254 g/mol. The van der Waals surface area contributed by atoms with Gasteiger partial charge in [-0.3, -0.25) is 4.79 Å². The van der Waals surface area contributed by atoms with E-state index in [-0.39, 0.29) is 5.41 Å². The van der Waals surface area contributed by atoms with E-state index in [1.165, 1.54) is 5.56 Å². The minimum Gasteiger partial charge on any atom is -0.317 e. The first-order valence-electron chi connectivity index (χ1n) is 5.30. The number of halogens is 1. The molecule has 0 bridgehead atoms. The van der Waals surface area contributed by atoms with Gasteiger partial charge in [0.05, 0.1) is 5.41 Å². The van der Waals surface area contributed by atoms with Crippen LogP contribution in [0.2, 0.25) is 0 Å². The Balaban J connectivity index is 2.08. The number of nitrogens with one attached hydrogen (secondary N) is 1. The third kappa shape index (κ3) is 1.16. The van der Waals surface area contributed by atoms with Crippen molar-refractivity contribution in [2.24, 2.45) is 0 Å². The summed E-state index contributed by atoms with van der Waals surface area (Å²) in [7, 11) is 0. The van der Waals surface area contributed by atoms with Crippen molar-refractivity contribution in [3.8, 4) is 0 Å². The summed E-state index contributed by atoms with van der Waals surface area (Å²) in [5.41, 5.74) is 2.05. The lowest BCUT2D eigenvalue weighted by atomic mass is 9.58. The van der Waals surface area contributed by atoms with Gasteiger partial charge in [-0.15, -0.1) is 0 Å². The maximum Gasteiger partial charge on any atom is 0.173 e. The zero-order chi connectivity index (χ0) is 10.5. The smallest absolute Gasteiger partial charge is 0.173 e. The van der Waals surface area contributed by atoms with Crippen LogP contribution in [0.15, 0.2) is 22.7 Å². The van der Waals surface area contributed by atoms with Crippen LogP contribution in [0.1, 0.15) is 28.8 Å². The van der Waals surface area contributed by atoms with Crippen molar-refractivity contribution in [2.45, 2.75) is 18.3 Å². The summed E-state index contributed by atoms with van der Waals surface area (Å²) in [6, 6.07) is 6.09. The summed E-state index contributed by atoms with van der Waals surface area (Å²) in [6.07, 6.45) is 1.92. The fraction of sp³-hybridized carbons (Fsp3) is 0.417. The summed E-state index contributed by atoms with van der Waals surface area (Å²) in [6.45, 7) is 1.92. The van der Waals surface area contributed by atoms with Crippen molar-refractivity contribution >= 4 is 21.7 Å². The van der Waals surface area contributed by atoms with Gasteiger partial charge >= 0.3 is 0 Å². The van der Waals surface area contributed by atoms with Gasteiger partial charge in [0.15, 0.2) is 5.78 Å². The molecule has 0 unspecified atom stereocenters. The van der Waals surface area contributed by atoms with Gasteiger partial charge in [-0.25, -0.2) is 0 Å². The molecular formula is C12H12BrNO. The van der Waals surface area contributed by atoms with Gasteiger partial charge < -0.3 is 5.32 Å². The highest BCUT2D eigenvalue weighted by molar-refractivity contribution is 9.10. The molecule has 0 saturated carbocycles. The zero-order valence-corrected chi connectivity index (χ0v) is 9.93. The number of piperidine rings is 1. The lowest BCUT2D eigenvalue weighted by Crippen LogP contribution is -2.52. The highest BCUT2D eigenvalue weighted by Gasteiger charge is 2.51. The molecule has 1 aliphatic carbocycles. The number of carbonyl (C=O) groups is 1. The monoisotopic (exact) mass is 265 g/mol. The van der Waals surface area contributed by atoms with Crippen LogP contribution in [0, 0.1) is 0 Å². The van der Waals surface area contributed by atoms with Crippen molar-refractivity contribution in [1.29, 1.82) is 0 Å². The molecule has 1 N–H and O–H groups in total. The van der Waals surface area contributed by atoms with Gasteiger partial charge in [0.1, 0.15) is 0 Å². The van der Waals surface area contributed by atoms with Crippen molar-refractivity contribution in [1.82, 2.24) is 5.32 Å². The van der Waals surface area contributed by atoms with E-state index in [9.17, 15) is 4.79 Å². The van der Waals surface area contributed by atoms with Gasteiger partial charge in [-0.1, -0.05) is 22.0 Å². The predicted molar refractivity (Wildman–Crippen MR) is 62.3 cm³/mol. The molecule has 0 radical (unpaired) electrons. The van der Waals surface area contributed by atoms with Crippen LogP contribution < -0.4 is 5.32 Å². The number of ketones is 1. The van der Waals surface area contributed by atoms with Gasteiger partial charge in [0.25, 0.3) is 0 Å². The fourth-order valence-corrected chi connectivity index (χ4v) is 3.15. The van der Waals surface area contributed by atoms with Crippen molar-refractivity contribution in [3.05, 3.63) is 33.8 Å². The summed E-state index contributed by atoms with van der Waals surface area (Å²) < 4.78 is 0.999.